The van der Waals surface area contributed by atoms with Crippen LogP contribution in [0.15, 0.2) is 17.0 Å². The number of allylic oxidation sites excluding steroid dienone is 1. The number of ether oxygens (including phenoxy) is 1. The number of rotatable bonds is 2. The van der Waals surface area contributed by atoms with Gasteiger partial charge in [-0.15, -0.1) is 0 Å². The van der Waals surface area contributed by atoms with Gasteiger partial charge in [-0.05, 0) is 32.5 Å². The van der Waals surface area contributed by atoms with Crippen molar-refractivity contribution in [2.45, 2.75) is 25.4 Å². The van der Waals surface area contributed by atoms with Crippen molar-refractivity contribution < 1.29 is 4.74 Å². The molecular weight excluding hydrogens is 202 g/mol. The lowest BCUT2D eigenvalue weighted by atomic mass is 10.1. The van der Waals surface area contributed by atoms with Gasteiger partial charge >= 0.3 is 0 Å². The topological polar surface area (TPSA) is 48.6 Å². The molecule has 1 unspecified atom stereocenters. The first kappa shape index (κ1) is 11.2. The van der Waals surface area contributed by atoms with E-state index in [1.165, 1.54) is 6.42 Å². The first-order valence-corrected chi connectivity index (χ1v) is 5.77. The first-order valence-electron chi connectivity index (χ1n) is 5.77. The van der Waals surface area contributed by atoms with Gasteiger partial charge in [-0.2, -0.15) is 5.26 Å². The minimum Gasteiger partial charge on any atom is -0.473 e. The van der Waals surface area contributed by atoms with Crippen LogP contribution in [0.5, 0.6) is 0 Å². The van der Waals surface area contributed by atoms with Gasteiger partial charge in [0.15, 0.2) is 0 Å². The maximum Gasteiger partial charge on any atom is 0.210 e. The van der Waals surface area contributed by atoms with E-state index < -0.39 is 0 Å². The van der Waals surface area contributed by atoms with Crippen LogP contribution in [0.1, 0.15) is 19.3 Å². The van der Waals surface area contributed by atoms with E-state index in [1.54, 1.807) is 6.21 Å². The predicted molar refractivity (Wildman–Crippen MR) is 61.9 cm³/mol. The summed E-state index contributed by atoms with van der Waals surface area (Å²) in [6.07, 6.45) is 6.77. The van der Waals surface area contributed by atoms with Gasteiger partial charge in [0.25, 0.3) is 0 Å². The number of nitriles is 1. The van der Waals surface area contributed by atoms with Crippen LogP contribution in [0.25, 0.3) is 0 Å². The molecule has 4 heteroatoms. The lowest BCUT2D eigenvalue weighted by molar-refractivity contribution is 0.0483. The highest BCUT2D eigenvalue weighted by Gasteiger charge is 2.20. The highest BCUT2D eigenvalue weighted by Crippen LogP contribution is 2.19. The van der Waals surface area contributed by atoms with E-state index in [2.05, 4.69) is 23.0 Å². The Morgan fingerprint density at radius 2 is 2.50 bits per heavy atom. The molecule has 2 heterocycles. The fourth-order valence-corrected chi connectivity index (χ4v) is 2.09. The predicted octanol–water partition coefficient (Wildman–Crippen LogP) is 1.55. The van der Waals surface area contributed by atoms with Gasteiger partial charge in [0.1, 0.15) is 6.10 Å². The molecule has 86 valence electrons. The van der Waals surface area contributed by atoms with Crippen LogP contribution in [0, 0.1) is 17.2 Å². The Labute approximate surface area is 96.2 Å². The van der Waals surface area contributed by atoms with Crippen LogP contribution in [-0.2, 0) is 4.74 Å². The molecule has 0 amide bonds. The molecule has 0 spiro atoms. The standard InChI is InChI=1S/C12H17N3O/c1-15-6-2-3-11(9-15)16-12-7-10(8-13)4-5-14-12/h5,7,10-11H,2-4,6,9H2,1H3/t10?,11-/m0/s1. The van der Waals surface area contributed by atoms with Crippen molar-refractivity contribution in [2.75, 3.05) is 20.1 Å². The molecule has 1 saturated heterocycles. The quantitative estimate of drug-likeness (QED) is 0.708. The minimum absolute atomic E-state index is 0.0752. The lowest BCUT2D eigenvalue weighted by Crippen LogP contribution is -2.36. The summed E-state index contributed by atoms with van der Waals surface area (Å²) in [7, 11) is 2.10. The summed E-state index contributed by atoms with van der Waals surface area (Å²) >= 11 is 0. The third kappa shape index (κ3) is 2.83. The lowest BCUT2D eigenvalue weighted by Gasteiger charge is -2.30. The van der Waals surface area contributed by atoms with Gasteiger partial charge in [-0.3, -0.25) is 0 Å². The van der Waals surface area contributed by atoms with Crippen molar-refractivity contribution in [3.8, 4) is 6.07 Å². The minimum atomic E-state index is -0.0752. The Balaban J connectivity index is 1.91. The number of aliphatic imine (C=N–C) groups is 1. The third-order valence-corrected chi connectivity index (χ3v) is 2.96. The van der Waals surface area contributed by atoms with E-state index >= 15 is 0 Å². The van der Waals surface area contributed by atoms with E-state index in [1.807, 2.05) is 6.08 Å². The molecule has 2 aliphatic rings. The second-order valence-corrected chi connectivity index (χ2v) is 4.43. The Morgan fingerprint density at radius 3 is 3.25 bits per heavy atom. The number of hydrogen-bond acceptors (Lipinski definition) is 4. The van der Waals surface area contributed by atoms with Gasteiger partial charge in [0.05, 0.1) is 12.0 Å². The average molecular weight is 219 g/mol. The molecule has 1 fully saturated rings. The molecule has 0 aliphatic carbocycles. The molecule has 2 rings (SSSR count). The number of likely N-dealkylation sites (tertiary alicyclic amines) is 1. The summed E-state index contributed by atoms with van der Waals surface area (Å²) in [5.41, 5.74) is 0. The van der Waals surface area contributed by atoms with Crippen molar-refractivity contribution in [3.63, 3.8) is 0 Å². The smallest absolute Gasteiger partial charge is 0.210 e. The van der Waals surface area contributed by atoms with Gasteiger partial charge in [-0.25, -0.2) is 4.99 Å². The molecule has 0 saturated carbocycles. The van der Waals surface area contributed by atoms with Crippen LogP contribution in [0.3, 0.4) is 0 Å². The van der Waals surface area contributed by atoms with E-state index in [-0.39, 0.29) is 12.0 Å². The SMILES string of the molecule is CN1CCC[C@H](OC2=CC(C#N)CC=N2)C1. The van der Waals surface area contributed by atoms with Gasteiger partial charge in [-0.1, -0.05) is 0 Å². The van der Waals surface area contributed by atoms with Crippen molar-refractivity contribution in [1.29, 1.82) is 5.26 Å². The second kappa shape index (κ2) is 5.13. The van der Waals surface area contributed by atoms with Crippen molar-refractivity contribution in [2.24, 2.45) is 10.9 Å². The summed E-state index contributed by atoms with van der Waals surface area (Å²) in [6, 6.07) is 2.22. The molecule has 2 atom stereocenters. The zero-order valence-electron chi connectivity index (χ0n) is 9.59. The second-order valence-electron chi connectivity index (χ2n) is 4.43. The maximum absolute atomic E-state index is 8.84. The molecule has 16 heavy (non-hydrogen) atoms. The molecule has 0 aromatic rings. The van der Waals surface area contributed by atoms with Gasteiger partial charge in [0, 0.05) is 19.2 Å². The first-order chi connectivity index (χ1) is 7.78. The van der Waals surface area contributed by atoms with E-state index in [0.29, 0.717) is 12.3 Å². The number of likely N-dealkylation sites (N-methyl/N-ethyl adjacent to an activating group) is 1. The third-order valence-electron chi connectivity index (χ3n) is 2.96. The molecular formula is C12H17N3O. The van der Waals surface area contributed by atoms with Gasteiger partial charge in [0.2, 0.25) is 5.88 Å². The van der Waals surface area contributed by atoms with E-state index in [0.717, 1.165) is 19.5 Å². The molecule has 0 aromatic heterocycles. The Hall–Kier alpha value is -1.34. The maximum atomic E-state index is 8.84. The zero-order valence-corrected chi connectivity index (χ0v) is 9.59. The summed E-state index contributed by atoms with van der Waals surface area (Å²) < 4.78 is 5.81. The van der Waals surface area contributed by atoms with Crippen LogP contribution < -0.4 is 0 Å². The highest BCUT2D eigenvalue weighted by molar-refractivity contribution is 5.61. The Kier molecular flexibility index (Phi) is 3.58. The van der Waals surface area contributed by atoms with Gasteiger partial charge < -0.3 is 9.64 Å². The van der Waals surface area contributed by atoms with Crippen molar-refractivity contribution >= 4 is 6.21 Å². The molecule has 0 bridgehead atoms. The fourth-order valence-electron chi connectivity index (χ4n) is 2.09. The number of piperidine rings is 1. The molecule has 0 N–H and O–H groups in total. The molecule has 4 nitrogen and oxygen atoms in total. The number of hydrogen-bond donors (Lipinski definition) is 0. The average Bonchev–Trinajstić information content (AvgIpc) is 2.29. The van der Waals surface area contributed by atoms with Crippen LogP contribution in [0.2, 0.25) is 0 Å². The van der Waals surface area contributed by atoms with E-state index in [9.17, 15) is 0 Å². The molecule has 0 aromatic carbocycles. The Bertz CT molecular complexity index is 343. The normalized spacial score (nSPS) is 30.6. The number of nitrogens with zero attached hydrogens (tertiary/aromatic N) is 3. The summed E-state index contributed by atoms with van der Waals surface area (Å²) in [6.45, 7) is 2.09. The summed E-state index contributed by atoms with van der Waals surface area (Å²) in [5.74, 6) is 0.548. The van der Waals surface area contributed by atoms with Crippen molar-refractivity contribution in [3.05, 3.63) is 12.0 Å². The summed E-state index contributed by atoms with van der Waals surface area (Å²) in [4.78, 5) is 6.46. The van der Waals surface area contributed by atoms with Crippen LogP contribution in [0.4, 0.5) is 0 Å². The highest BCUT2D eigenvalue weighted by atomic mass is 16.5. The van der Waals surface area contributed by atoms with Crippen LogP contribution >= 0.6 is 0 Å². The fraction of sp³-hybridized carbons (Fsp3) is 0.667. The monoisotopic (exact) mass is 219 g/mol. The molecule has 0 radical (unpaired) electrons. The summed E-state index contributed by atoms with van der Waals surface area (Å²) in [5, 5.41) is 8.84. The molecule has 2 aliphatic heterocycles. The van der Waals surface area contributed by atoms with E-state index in [4.69, 9.17) is 10.00 Å². The largest absolute Gasteiger partial charge is 0.473 e. The van der Waals surface area contributed by atoms with Crippen LogP contribution in [-0.4, -0.2) is 37.4 Å². The van der Waals surface area contributed by atoms with Crippen molar-refractivity contribution in [1.82, 2.24) is 4.90 Å². The Morgan fingerprint density at radius 1 is 1.62 bits per heavy atom. The zero-order chi connectivity index (χ0) is 11.4.